The second-order valence-electron chi connectivity index (χ2n) is 5.97. The Kier molecular flexibility index (Phi) is 4.45. The van der Waals surface area contributed by atoms with E-state index in [0.29, 0.717) is 19.0 Å². The van der Waals surface area contributed by atoms with Gasteiger partial charge in [-0.05, 0) is 31.2 Å². The van der Waals surface area contributed by atoms with Gasteiger partial charge in [-0.3, -0.25) is 9.59 Å². The first-order chi connectivity index (χ1) is 9.02. The fourth-order valence-corrected chi connectivity index (χ4v) is 3.24. The molecule has 2 heterocycles. The van der Waals surface area contributed by atoms with Gasteiger partial charge in [-0.2, -0.15) is 0 Å². The van der Waals surface area contributed by atoms with Gasteiger partial charge in [-0.1, -0.05) is 20.3 Å². The third-order valence-electron chi connectivity index (χ3n) is 4.63. The Morgan fingerprint density at radius 2 is 2.11 bits per heavy atom. The zero-order valence-electron chi connectivity index (χ0n) is 11.8. The Morgan fingerprint density at radius 3 is 2.68 bits per heavy atom. The summed E-state index contributed by atoms with van der Waals surface area (Å²) < 4.78 is 0. The average Bonchev–Trinajstić information content (AvgIpc) is 2.80. The third-order valence-corrected chi connectivity index (χ3v) is 4.63. The Labute approximate surface area is 114 Å². The van der Waals surface area contributed by atoms with Crippen molar-refractivity contribution in [2.45, 2.75) is 39.2 Å². The van der Waals surface area contributed by atoms with Crippen molar-refractivity contribution in [1.29, 1.82) is 0 Å². The lowest BCUT2D eigenvalue weighted by Crippen LogP contribution is -2.49. The number of carboxylic acids is 1. The molecule has 2 saturated heterocycles. The van der Waals surface area contributed by atoms with E-state index in [1.807, 2.05) is 6.92 Å². The van der Waals surface area contributed by atoms with E-state index < -0.39 is 11.9 Å². The van der Waals surface area contributed by atoms with E-state index in [-0.39, 0.29) is 17.9 Å². The van der Waals surface area contributed by atoms with E-state index in [9.17, 15) is 9.59 Å². The maximum Gasteiger partial charge on any atom is 0.308 e. The number of amides is 1. The fourth-order valence-electron chi connectivity index (χ4n) is 3.24. The first-order valence-corrected chi connectivity index (χ1v) is 7.27. The molecule has 4 atom stereocenters. The predicted molar refractivity (Wildman–Crippen MR) is 71.7 cm³/mol. The predicted octanol–water partition coefficient (Wildman–Crippen LogP) is 0.944. The molecule has 5 nitrogen and oxygen atoms in total. The van der Waals surface area contributed by atoms with Gasteiger partial charge in [0.1, 0.15) is 0 Å². The van der Waals surface area contributed by atoms with Crippen LogP contribution in [0.1, 0.15) is 33.1 Å². The first-order valence-electron chi connectivity index (χ1n) is 7.27. The van der Waals surface area contributed by atoms with Gasteiger partial charge >= 0.3 is 5.97 Å². The third kappa shape index (κ3) is 3.08. The van der Waals surface area contributed by atoms with Crippen LogP contribution in [0.25, 0.3) is 0 Å². The highest BCUT2D eigenvalue weighted by atomic mass is 16.4. The van der Waals surface area contributed by atoms with Crippen molar-refractivity contribution in [2.24, 2.45) is 17.8 Å². The Hall–Kier alpha value is -1.10. The number of piperidine rings is 1. The lowest BCUT2D eigenvalue weighted by Gasteiger charge is -2.31. The van der Waals surface area contributed by atoms with Gasteiger partial charge in [0.25, 0.3) is 0 Å². The molecule has 0 aliphatic carbocycles. The van der Waals surface area contributed by atoms with E-state index in [1.165, 1.54) is 0 Å². The molecule has 2 unspecified atom stereocenters. The molecule has 5 heteroatoms. The number of nitrogens with one attached hydrogen (secondary N) is 1. The summed E-state index contributed by atoms with van der Waals surface area (Å²) in [5, 5.41) is 12.4. The fraction of sp³-hybridized carbons (Fsp3) is 0.857. The van der Waals surface area contributed by atoms with Crippen LogP contribution in [-0.4, -0.2) is 47.6 Å². The van der Waals surface area contributed by atoms with Gasteiger partial charge < -0.3 is 15.3 Å². The maximum atomic E-state index is 12.4. The topological polar surface area (TPSA) is 69.6 Å². The number of carbonyl (C=O) groups is 2. The van der Waals surface area contributed by atoms with E-state index in [1.54, 1.807) is 4.90 Å². The molecule has 2 fully saturated rings. The Bertz CT molecular complexity index is 359. The molecule has 108 valence electrons. The number of hydrogen-bond acceptors (Lipinski definition) is 3. The van der Waals surface area contributed by atoms with Crippen molar-refractivity contribution < 1.29 is 14.7 Å². The van der Waals surface area contributed by atoms with Crippen molar-refractivity contribution >= 4 is 11.9 Å². The molecule has 0 aromatic carbocycles. The monoisotopic (exact) mass is 268 g/mol. The summed E-state index contributed by atoms with van der Waals surface area (Å²) >= 11 is 0. The standard InChI is InChI=1S/C14H24N2O3/c1-3-10-4-5-15-12(6-10)13(17)16-7-9(2)11(8-16)14(18)19/h9-12,15H,3-8H2,1-2H3,(H,18,19)/t9-,10?,11-,12?/m1/s1. The molecule has 2 aliphatic rings. The van der Waals surface area contributed by atoms with Crippen LogP contribution in [0.15, 0.2) is 0 Å². The minimum absolute atomic E-state index is 0.0482. The maximum absolute atomic E-state index is 12.4. The largest absolute Gasteiger partial charge is 0.481 e. The molecule has 0 aromatic rings. The quantitative estimate of drug-likeness (QED) is 0.799. The van der Waals surface area contributed by atoms with Crippen LogP contribution in [0.5, 0.6) is 0 Å². The van der Waals surface area contributed by atoms with Gasteiger partial charge in [-0.15, -0.1) is 0 Å². The molecule has 1 amide bonds. The summed E-state index contributed by atoms with van der Waals surface area (Å²) in [6.45, 7) is 5.90. The van der Waals surface area contributed by atoms with Crippen LogP contribution >= 0.6 is 0 Å². The zero-order chi connectivity index (χ0) is 14.0. The molecule has 0 radical (unpaired) electrons. The van der Waals surface area contributed by atoms with Crippen LogP contribution in [0, 0.1) is 17.8 Å². The molecule has 0 bridgehead atoms. The van der Waals surface area contributed by atoms with Gasteiger partial charge in [-0.25, -0.2) is 0 Å². The van der Waals surface area contributed by atoms with Gasteiger partial charge in [0.15, 0.2) is 0 Å². The number of carbonyl (C=O) groups excluding carboxylic acids is 1. The molecular formula is C14H24N2O3. The van der Waals surface area contributed by atoms with E-state index in [2.05, 4.69) is 12.2 Å². The van der Waals surface area contributed by atoms with Crippen molar-refractivity contribution in [3.05, 3.63) is 0 Å². The summed E-state index contributed by atoms with van der Waals surface area (Å²) in [7, 11) is 0. The number of carboxylic acid groups (broad SMARTS) is 1. The van der Waals surface area contributed by atoms with E-state index >= 15 is 0 Å². The van der Waals surface area contributed by atoms with Crippen LogP contribution in [0.3, 0.4) is 0 Å². The van der Waals surface area contributed by atoms with E-state index in [4.69, 9.17) is 5.11 Å². The highest BCUT2D eigenvalue weighted by Crippen LogP contribution is 2.26. The SMILES string of the molecule is CCC1CCNC(C(=O)N2C[C@@H](C)[C@H](C(=O)O)C2)C1. The molecule has 2 rings (SSSR count). The van der Waals surface area contributed by atoms with Gasteiger partial charge in [0, 0.05) is 13.1 Å². The summed E-state index contributed by atoms with van der Waals surface area (Å²) in [5.74, 6) is -0.438. The second kappa shape index (κ2) is 5.90. The van der Waals surface area contributed by atoms with Crippen molar-refractivity contribution in [1.82, 2.24) is 10.2 Å². The summed E-state index contributed by atoms with van der Waals surface area (Å²) in [4.78, 5) is 25.3. The Morgan fingerprint density at radius 1 is 1.37 bits per heavy atom. The second-order valence-corrected chi connectivity index (χ2v) is 5.97. The lowest BCUT2D eigenvalue weighted by atomic mass is 9.90. The van der Waals surface area contributed by atoms with Crippen LogP contribution in [0.2, 0.25) is 0 Å². The molecule has 2 aliphatic heterocycles. The first kappa shape index (κ1) is 14.3. The summed E-state index contributed by atoms with van der Waals surface area (Å²) in [6.07, 6.45) is 3.13. The molecule has 19 heavy (non-hydrogen) atoms. The lowest BCUT2D eigenvalue weighted by molar-refractivity contribution is -0.142. The minimum Gasteiger partial charge on any atom is -0.481 e. The van der Waals surface area contributed by atoms with Crippen LogP contribution in [0.4, 0.5) is 0 Å². The van der Waals surface area contributed by atoms with Crippen LogP contribution in [-0.2, 0) is 9.59 Å². The zero-order valence-corrected chi connectivity index (χ0v) is 11.8. The number of rotatable bonds is 3. The molecule has 2 N–H and O–H groups in total. The van der Waals surface area contributed by atoms with Crippen molar-refractivity contribution in [2.75, 3.05) is 19.6 Å². The summed E-state index contributed by atoms with van der Waals surface area (Å²) in [5.41, 5.74) is 0. The van der Waals surface area contributed by atoms with Crippen molar-refractivity contribution in [3.8, 4) is 0 Å². The average molecular weight is 268 g/mol. The summed E-state index contributed by atoms with van der Waals surface area (Å²) in [6, 6.07) is -0.113. The number of nitrogens with zero attached hydrogens (tertiary/aromatic N) is 1. The highest BCUT2D eigenvalue weighted by Gasteiger charge is 2.39. The van der Waals surface area contributed by atoms with Gasteiger partial charge in [0.2, 0.25) is 5.91 Å². The Balaban J connectivity index is 1.95. The van der Waals surface area contributed by atoms with Crippen molar-refractivity contribution in [3.63, 3.8) is 0 Å². The van der Waals surface area contributed by atoms with E-state index in [0.717, 1.165) is 25.8 Å². The number of likely N-dealkylation sites (tertiary alicyclic amines) is 1. The molecule has 0 spiro atoms. The molecule has 0 aromatic heterocycles. The van der Waals surface area contributed by atoms with Crippen LogP contribution < -0.4 is 5.32 Å². The normalized spacial score (nSPS) is 35.4. The molecular weight excluding hydrogens is 244 g/mol. The molecule has 0 saturated carbocycles. The number of aliphatic carboxylic acids is 1. The minimum atomic E-state index is -0.786. The van der Waals surface area contributed by atoms with Gasteiger partial charge in [0.05, 0.1) is 12.0 Å². The smallest absolute Gasteiger partial charge is 0.308 e. The number of hydrogen-bond donors (Lipinski definition) is 2. The highest BCUT2D eigenvalue weighted by molar-refractivity contribution is 5.83.